The zero-order chi connectivity index (χ0) is 22.1. The molecule has 1 aliphatic rings. The molecule has 1 amide bonds. The van der Waals surface area contributed by atoms with E-state index >= 15 is 0 Å². The summed E-state index contributed by atoms with van der Waals surface area (Å²) in [7, 11) is 0. The topological polar surface area (TPSA) is 105 Å². The van der Waals surface area contributed by atoms with Crippen LogP contribution in [0.3, 0.4) is 0 Å². The molecule has 0 radical (unpaired) electrons. The van der Waals surface area contributed by atoms with Crippen LogP contribution in [-0.2, 0) is 24.3 Å². The van der Waals surface area contributed by atoms with Crippen molar-refractivity contribution in [3.05, 3.63) is 87.3 Å². The Bertz CT molecular complexity index is 1310. The first-order chi connectivity index (χ1) is 15.6. The van der Waals surface area contributed by atoms with E-state index in [0.29, 0.717) is 31.6 Å². The van der Waals surface area contributed by atoms with Gasteiger partial charge in [0.15, 0.2) is 11.0 Å². The number of carbonyl (C=O) groups excluding carboxylic acids is 1. The molecule has 0 unspecified atom stereocenters. The van der Waals surface area contributed by atoms with Gasteiger partial charge in [0.2, 0.25) is 5.91 Å². The van der Waals surface area contributed by atoms with Gasteiger partial charge in [-0.05, 0) is 30.5 Å². The van der Waals surface area contributed by atoms with Gasteiger partial charge < -0.3 is 15.6 Å². The molecule has 1 aliphatic heterocycles. The van der Waals surface area contributed by atoms with E-state index in [-0.39, 0.29) is 22.4 Å². The predicted octanol–water partition coefficient (Wildman–Crippen LogP) is 3.19. The van der Waals surface area contributed by atoms with E-state index in [4.69, 9.17) is 11.6 Å². The van der Waals surface area contributed by atoms with Crippen LogP contribution in [-0.4, -0.2) is 25.4 Å². The Morgan fingerprint density at radius 1 is 1.22 bits per heavy atom. The summed E-state index contributed by atoms with van der Waals surface area (Å²) in [5.74, 6) is -0.0793. The van der Waals surface area contributed by atoms with Crippen LogP contribution in [0.2, 0.25) is 5.15 Å². The van der Waals surface area contributed by atoms with Gasteiger partial charge in [0.05, 0.1) is 12.2 Å². The maximum Gasteiger partial charge on any atom is 0.294 e. The van der Waals surface area contributed by atoms with Gasteiger partial charge in [-0.2, -0.15) is 0 Å². The molecule has 162 valence electrons. The van der Waals surface area contributed by atoms with Crippen LogP contribution in [0.1, 0.15) is 29.4 Å². The second-order valence-electron chi connectivity index (χ2n) is 7.74. The Morgan fingerprint density at radius 3 is 2.88 bits per heavy atom. The molecule has 9 heteroatoms. The fourth-order valence-electron chi connectivity index (χ4n) is 4.08. The molecule has 32 heavy (non-hydrogen) atoms. The van der Waals surface area contributed by atoms with Crippen molar-refractivity contribution in [1.29, 1.82) is 0 Å². The highest BCUT2D eigenvalue weighted by molar-refractivity contribution is 6.30. The van der Waals surface area contributed by atoms with Crippen LogP contribution in [0.15, 0.2) is 59.7 Å². The Hall–Kier alpha value is -3.65. The Labute approximate surface area is 188 Å². The van der Waals surface area contributed by atoms with Crippen molar-refractivity contribution in [2.75, 3.05) is 5.32 Å². The standard InChI is InChI=1S/C23H21ClN6O2/c24-20-18-6-7-19(22(31)27-13-16-10-15-12-25-9-8-17(15)28-16)30(18)23(32)21(29-20)26-11-14-4-2-1-3-5-14/h1-5,8-10,12,19,28H,6-7,11,13H2,(H,26,29)(H,27,31)/t19-/m0/s1. The molecule has 0 aliphatic carbocycles. The number of carbonyl (C=O) groups is 1. The number of nitrogens with zero attached hydrogens (tertiary/aromatic N) is 3. The Morgan fingerprint density at radius 2 is 2.06 bits per heavy atom. The lowest BCUT2D eigenvalue weighted by atomic mass is 10.2. The Balaban J connectivity index is 1.34. The highest BCUT2D eigenvalue weighted by Crippen LogP contribution is 2.29. The largest absolute Gasteiger partial charge is 0.361 e. The highest BCUT2D eigenvalue weighted by Gasteiger charge is 2.32. The molecule has 0 fully saturated rings. The summed E-state index contributed by atoms with van der Waals surface area (Å²) in [5, 5.41) is 7.22. The van der Waals surface area contributed by atoms with E-state index in [0.717, 1.165) is 22.2 Å². The molecule has 0 saturated heterocycles. The van der Waals surface area contributed by atoms with Gasteiger partial charge in [-0.3, -0.25) is 19.1 Å². The van der Waals surface area contributed by atoms with Crippen molar-refractivity contribution >= 4 is 34.2 Å². The van der Waals surface area contributed by atoms with E-state index in [1.54, 1.807) is 12.4 Å². The Kier molecular flexibility index (Phi) is 5.36. The van der Waals surface area contributed by atoms with Crippen LogP contribution in [0, 0.1) is 0 Å². The van der Waals surface area contributed by atoms with Crippen LogP contribution >= 0.6 is 11.6 Å². The van der Waals surface area contributed by atoms with Crippen LogP contribution < -0.4 is 16.2 Å². The van der Waals surface area contributed by atoms with Crippen molar-refractivity contribution in [2.45, 2.75) is 32.0 Å². The van der Waals surface area contributed by atoms with Gasteiger partial charge in [-0.15, -0.1) is 0 Å². The SMILES string of the molecule is O=C(NCc1cc2cnccc2[nH]1)[C@@H]1CCc2c(Cl)nc(NCc3ccccc3)c(=O)n21. The van der Waals surface area contributed by atoms with Gasteiger partial charge in [0.1, 0.15) is 6.04 Å². The molecule has 4 aromatic rings. The number of amides is 1. The minimum absolute atomic E-state index is 0.144. The molecule has 0 bridgehead atoms. The van der Waals surface area contributed by atoms with E-state index < -0.39 is 6.04 Å². The fourth-order valence-corrected chi connectivity index (χ4v) is 4.35. The average molecular weight is 449 g/mol. The van der Waals surface area contributed by atoms with E-state index in [9.17, 15) is 9.59 Å². The smallest absolute Gasteiger partial charge is 0.294 e. The van der Waals surface area contributed by atoms with E-state index in [1.165, 1.54) is 4.57 Å². The number of hydrogen-bond donors (Lipinski definition) is 3. The third kappa shape index (κ3) is 3.85. The van der Waals surface area contributed by atoms with Gasteiger partial charge in [0.25, 0.3) is 5.56 Å². The lowest BCUT2D eigenvalue weighted by Crippen LogP contribution is -2.36. The van der Waals surface area contributed by atoms with Gasteiger partial charge in [0, 0.05) is 35.5 Å². The summed E-state index contributed by atoms with van der Waals surface area (Å²) in [6.45, 7) is 0.761. The minimum Gasteiger partial charge on any atom is -0.361 e. The van der Waals surface area contributed by atoms with Gasteiger partial charge in [-0.25, -0.2) is 4.98 Å². The van der Waals surface area contributed by atoms with Crippen molar-refractivity contribution in [3.8, 4) is 0 Å². The van der Waals surface area contributed by atoms with Crippen LogP contribution in [0.4, 0.5) is 5.82 Å². The number of nitrogens with one attached hydrogen (secondary N) is 3. The molecular formula is C23H21ClN6O2. The first-order valence-electron chi connectivity index (χ1n) is 10.4. The van der Waals surface area contributed by atoms with Crippen molar-refractivity contribution in [1.82, 2.24) is 24.8 Å². The van der Waals surface area contributed by atoms with Crippen molar-refractivity contribution < 1.29 is 4.79 Å². The summed E-state index contributed by atoms with van der Waals surface area (Å²) in [6, 6.07) is 12.9. The maximum atomic E-state index is 13.1. The highest BCUT2D eigenvalue weighted by atomic mass is 35.5. The van der Waals surface area contributed by atoms with Gasteiger partial charge >= 0.3 is 0 Å². The summed E-state index contributed by atoms with van der Waals surface area (Å²) in [4.78, 5) is 37.7. The second kappa shape index (κ2) is 8.47. The third-order valence-electron chi connectivity index (χ3n) is 5.66. The molecule has 3 aromatic heterocycles. The number of anilines is 1. The van der Waals surface area contributed by atoms with E-state index in [2.05, 4.69) is 25.6 Å². The first-order valence-corrected chi connectivity index (χ1v) is 10.8. The quantitative estimate of drug-likeness (QED) is 0.420. The first kappa shape index (κ1) is 20.3. The summed E-state index contributed by atoms with van der Waals surface area (Å²) in [6.07, 6.45) is 4.50. The monoisotopic (exact) mass is 448 g/mol. The summed E-state index contributed by atoms with van der Waals surface area (Å²) >= 11 is 6.36. The molecule has 1 aromatic carbocycles. The average Bonchev–Trinajstić information content (AvgIpc) is 3.44. The second-order valence-corrected chi connectivity index (χ2v) is 8.10. The fraction of sp³-hybridized carbons (Fsp3) is 0.217. The molecule has 4 heterocycles. The van der Waals surface area contributed by atoms with Crippen LogP contribution in [0.25, 0.3) is 10.9 Å². The zero-order valence-corrected chi connectivity index (χ0v) is 17.9. The number of pyridine rings is 1. The number of H-pyrrole nitrogens is 1. The molecule has 8 nitrogen and oxygen atoms in total. The van der Waals surface area contributed by atoms with Crippen molar-refractivity contribution in [3.63, 3.8) is 0 Å². The summed E-state index contributed by atoms with van der Waals surface area (Å²) in [5.41, 5.74) is 3.09. The lowest BCUT2D eigenvalue weighted by molar-refractivity contribution is -0.124. The van der Waals surface area contributed by atoms with Crippen molar-refractivity contribution in [2.24, 2.45) is 0 Å². The molecular weight excluding hydrogens is 428 g/mol. The van der Waals surface area contributed by atoms with Gasteiger partial charge in [-0.1, -0.05) is 41.9 Å². The summed E-state index contributed by atoms with van der Waals surface area (Å²) < 4.78 is 1.48. The normalized spacial score (nSPS) is 15.0. The zero-order valence-electron chi connectivity index (χ0n) is 17.1. The number of aromatic nitrogens is 4. The lowest BCUT2D eigenvalue weighted by Gasteiger charge is -2.16. The molecule has 5 rings (SSSR count). The number of aromatic amines is 1. The maximum absolute atomic E-state index is 13.1. The number of hydrogen-bond acceptors (Lipinski definition) is 5. The number of benzene rings is 1. The number of fused-ring (bicyclic) bond motifs is 2. The molecule has 0 spiro atoms. The molecule has 1 atom stereocenters. The van der Waals surface area contributed by atoms with Crippen LogP contribution in [0.5, 0.6) is 0 Å². The number of rotatable bonds is 6. The number of halogens is 1. The minimum atomic E-state index is -0.624. The third-order valence-corrected chi connectivity index (χ3v) is 5.96. The molecule has 0 saturated carbocycles. The predicted molar refractivity (Wildman–Crippen MR) is 123 cm³/mol. The van der Waals surface area contributed by atoms with E-state index in [1.807, 2.05) is 42.5 Å². The molecule has 3 N–H and O–H groups in total.